The van der Waals surface area contributed by atoms with Crippen LogP contribution in [0.1, 0.15) is 115 Å². The minimum atomic E-state index is -1.38. The highest BCUT2D eigenvalue weighted by molar-refractivity contribution is 6.00. The van der Waals surface area contributed by atoms with Gasteiger partial charge in [-0.2, -0.15) is 0 Å². The molecule has 2 unspecified atom stereocenters. The predicted octanol–water partition coefficient (Wildman–Crippen LogP) is 4.97. The number of methoxy groups -OCH3 is 1. The van der Waals surface area contributed by atoms with E-state index in [2.05, 4.69) is 27.9 Å². The van der Waals surface area contributed by atoms with Crippen LogP contribution in [-0.4, -0.2) is 166 Å². The largest absolute Gasteiger partial charge is 0.459 e. The molecule has 14 atom stereocenters. The fourth-order valence-electron chi connectivity index (χ4n) is 10.5. The fourth-order valence-corrected chi connectivity index (χ4v) is 10.5. The van der Waals surface area contributed by atoms with Gasteiger partial charge in [0.05, 0.1) is 30.0 Å². The number of nitrogens with zero attached hydrogens (tertiary/aromatic N) is 5. The molecule has 3 saturated heterocycles. The van der Waals surface area contributed by atoms with Crippen LogP contribution in [0.4, 0.5) is 10.5 Å². The van der Waals surface area contributed by atoms with E-state index in [1.54, 1.807) is 37.5 Å². The van der Waals surface area contributed by atoms with Crippen molar-refractivity contribution in [1.29, 1.82) is 0 Å². The Morgan fingerprint density at radius 1 is 1.11 bits per heavy atom. The normalized spacial score (nSPS) is 33.2. The lowest BCUT2D eigenvalue weighted by atomic mass is 9.78. The third-order valence-corrected chi connectivity index (χ3v) is 14.3. The van der Waals surface area contributed by atoms with Crippen LogP contribution in [0.2, 0.25) is 0 Å². The number of hydrogen-bond donors (Lipinski definition) is 4. The number of unbranched alkanes of at least 4 members (excludes halogenated alkanes) is 1. The zero-order chi connectivity index (χ0) is 51.9. The highest BCUT2D eigenvalue weighted by Gasteiger charge is 2.59. The van der Waals surface area contributed by atoms with Crippen molar-refractivity contribution in [2.45, 2.75) is 193 Å². The monoisotopic (exact) mass is 985 g/mol. The molecule has 5 rings (SSSR count). The lowest BCUT2D eigenvalue weighted by Gasteiger charge is -2.46. The maximum Gasteiger partial charge on any atom is 0.410 e. The van der Waals surface area contributed by atoms with Gasteiger partial charge < -0.3 is 54.8 Å². The molecule has 0 aliphatic carbocycles. The Balaban J connectivity index is 1.49. The van der Waals surface area contributed by atoms with Crippen molar-refractivity contribution in [2.24, 2.45) is 17.8 Å². The van der Waals surface area contributed by atoms with E-state index in [0.717, 1.165) is 5.56 Å². The second-order valence-electron chi connectivity index (χ2n) is 21.6. The molecule has 70 heavy (non-hydrogen) atoms. The molecule has 1 aromatic carbocycles. The minimum absolute atomic E-state index is 0.125. The molecule has 19 nitrogen and oxygen atoms in total. The summed E-state index contributed by atoms with van der Waals surface area (Å²) in [6.07, 6.45) is -0.101. The van der Waals surface area contributed by atoms with Gasteiger partial charge in [-0.25, -0.2) is 4.79 Å². The lowest BCUT2D eigenvalue weighted by molar-refractivity contribution is -0.295. The molecule has 394 valence electrons. The van der Waals surface area contributed by atoms with Gasteiger partial charge in [-0.05, 0) is 139 Å². The van der Waals surface area contributed by atoms with E-state index in [1.807, 2.05) is 91.0 Å². The Kier molecular flexibility index (Phi) is 19.4. The summed E-state index contributed by atoms with van der Waals surface area (Å²) in [6.45, 7) is 21.6. The second kappa shape index (κ2) is 24.0. The number of aliphatic hydroxyl groups is 1. The molecule has 0 saturated carbocycles. The van der Waals surface area contributed by atoms with Gasteiger partial charge >= 0.3 is 18.0 Å². The molecule has 0 bridgehead atoms. The fraction of sp³-hybridized carbons (Fsp3) is 0.765. The molecule has 2 aromatic rings. The number of likely N-dealkylation sites (N-methyl/N-ethyl adjacent to an activating group) is 1. The number of carbonyl (C=O) groups excluding carboxylic acids is 4. The van der Waals surface area contributed by atoms with Crippen molar-refractivity contribution < 1.29 is 52.7 Å². The van der Waals surface area contributed by atoms with Crippen LogP contribution >= 0.6 is 0 Å². The predicted molar refractivity (Wildman–Crippen MR) is 264 cm³/mol. The van der Waals surface area contributed by atoms with Crippen LogP contribution < -0.4 is 16.4 Å². The standard InChI is InChI=1S/C51H84N8O11/c1-15-40-51(11)43(59(48(64)70-51)24-17-16-23-58-29-38(55-56-58)35-19-18-20-36(52)26-35)37(21-22-53-34(6)46(63)69-49(7,8)9)54-28-30(2)27-50(10,65-14)44(32(4)41(60)33(5)45(62)67-40)68-47-42(61)39(57(12)13)25-31(3)66-47/h18-20,26,29-34,37,39-40,42-44,47,53-54,61H,15-17,21-25,27-28,52H2,1-14H3/t30-,31-,32+,33-,34-,37?,39?,40-,42-,43-,44-,47+,50-,51-/m1/s1. The van der Waals surface area contributed by atoms with E-state index >= 15 is 0 Å². The second-order valence-corrected chi connectivity index (χ2v) is 21.6. The van der Waals surface area contributed by atoms with E-state index in [-0.39, 0.29) is 24.5 Å². The quantitative estimate of drug-likeness (QED) is 0.0572. The molecule has 4 heterocycles. The average molecular weight is 985 g/mol. The highest BCUT2D eigenvalue weighted by atomic mass is 16.7. The Labute approximate surface area is 415 Å². The minimum Gasteiger partial charge on any atom is -0.459 e. The van der Waals surface area contributed by atoms with Crippen molar-refractivity contribution in [1.82, 2.24) is 35.4 Å². The van der Waals surface area contributed by atoms with E-state index in [9.17, 15) is 24.3 Å². The first-order valence-corrected chi connectivity index (χ1v) is 25.2. The Bertz CT molecular complexity index is 2070. The van der Waals surface area contributed by atoms with Gasteiger partial charge in [-0.1, -0.05) is 38.1 Å². The van der Waals surface area contributed by atoms with Gasteiger partial charge in [-0.15, -0.1) is 5.10 Å². The first-order chi connectivity index (χ1) is 32.8. The summed E-state index contributed by atoms with van der Waals surface area (Å²) in [6, 6.07) is 5.40. The number of anilines is 1. The third-order valence-electron chi connectivity index (χ3n) is 14.3. The number of rotatable bonds is 16. The van der Waals surface area contributed by atoms with Crippen molar-refractivity contribution in [2.75, 3.05) is 46.6 Å². The number of hydrogen-bond acceptors (Lipinski definition) is 17. The number of aromatic nitrogens is 3. The Hall–Kier alpha value is -4.24. The molecule has 1 amide bonds. The van der Waals surface area contributed by atoms with Crippen LogP contribution in [0.5, 0.6) is 0 Å². The molecule has 19 heteroatoms. The summed E-state index contributed by atoms with van der Waals surface area (Å²) in [7, 11) is 5.36. The van der Waals surface area contributed by atoms with E-state index in [1.165, 1.54) is 6.92 Å². The Morgan fingerprint density at radius 2 is 1.81 bits per heavy atom. The molecule has 3 aliphatic heterocycles. The van der Waals surface area contributed by atoms with Crippen LogP contribution in [0.3, 0.4) is 0 Å². The number of Topliss-reactive ketones (excluding diaryl/α,β-unsaturated/α-hetero) is 1. The number of ketones is 1. The molecular formula is C51H84N8O11. The molecule has 1 aromatic heterocycles. The van der Waals surface area contributed by atoms with Gasteiger partial charge in [0.25, 0.3) is 0 Å². The number of cyclic esters (lactones) is 1. The van der Waals surface area contributed by atoms with Crippen molar-refractivity contribution in [3.05, 3.63) is 30.5 Å². The first kappa shape index (κ1) is 56.7. The number of aryl methyl sites for hydroxylation is 1. The highest BCUT2D eigenvalue weighted by Crippen LogP contribution is 2.41. The van der Waals surface area contributed by atoms with E-state index in [4.69, 9.17) is 34.2 Å². The van der Waals surface area contributed by atoms with Crippen LogP contribution in [-0.2, 0) is 49.3 Å². The summed E-state index contributed by atoms with van der Waals surface area (Å²) in [4.78, 5) is 60.1. The molecule has 5 N–H and O–H groups in total. The molecular weight excluding hydrogens is 901 g/mol. The summed E-state index contributed by atoms with van der Waals surface area (Å²) in [5.74, 6) is -3.88. The van der Waals surface area contributed by atoms with E-state index < -0.39 is 95.2 Å². The smallest absolute Gasteiger partial charge is 0.410 e. The topological polar surface area (TPSA) is 231 Å². The van der Waals surface area contributed by atoms with Crippen molar-refractivity contribution in [3.8, 4) is 11.3 Å². The number of ether oxygens (including phenoxy) is 6. The number of nitrogen functional groups attached to an aromatic ring is 1. The van der Waals surface area contributed by atoms with Crippen LogP contribution in [0.25, 0.3) is 11.3 Å². The SMILES string of the molecule is CC[C@H]1OC(=O)[C@H](C)C(=O)[C@H](C)[C@@H](O[C@@H]2O[C@H](C)CC(N(C)C)[C@H]2O)[C@](C)(OC)C[C@@H](C)CNC(CCN[C@H](C)C(=O)OC(C)(C)C)[C@H]2N(CCCCn3cc(-c4cccc(N)c4)nn3)C(=O)O[C@]12C. The van der Waals surface area contributed by atoms with Gasteiger partial charge in [-0.3, -0.25) is 24.0 Å². The van der Waals surface area contributed by atoms with Crippen molar-refractivity contribution >= 4 is 29.5 Å². The third kappa shape index (κ3) is 13.8. The van der Waals surface area contributed by atoms with Crippen LogP contribution in [0, 0.1) is 17.8 Å². The molecule has 0 radical (unpaired) electrons. The molecule has 3 fully saturated rings. The maximum absolute atomic E-state index is 14.6. The zero-order valence-corrected chi connectivity index (χ0v) is 44.2. The summed E-state index contributed by atoms with van der Waals surface area (Å²) < 4.78 is 39.5. The lowest BCUT2D eigenvalue weighted by Crippen LogP contribution is -2.62. The van der Waals surface area contributed by atoms with Gasteiger partial charge in [0.2, 0.25) is 0 Å². The number of aliphatic hydroxyl groups excluding tert-OH is 1. The number of nitrogens with two attached hydrogens (primary N) is 1. The number of benzene rings is 1. The first-order valence-electron chi connectivity index (χ1n) is 25.2. The van der Waals surface area contributed by atoms with E-state index in [0.29, 0.717) is 69.7 Å². The number of nitrogens with one attached hydrogen (secondary N) is 2. The Morgan fingerprint density at radius 3 is 2.46 bits per heavy atom. The van der Waals surface area contributed by atoms with Crippen LogP contribution in [0.15, 0.2) is 30.5 Å². The zero-order valence-electron chi connectivity index (χ0n) is 44.2. The van der Waals surface area contributed by atoms with Crippen molar-refractivity contribution in [3.63, 3.8) is 0 Å². The summed E-state index contributed by atoms with van der Waals surface area (Å²) >= 11 is 0. The number of esters is 2. The number of amides is 1. The maximum atomic E-state index is 14.6. The van der Waals surface area contributed by atoms with Gasteiger partial charge in [0.15, 0.2) is 17.7 Å². The summed E-state index contributed by atoms with van der Waals surface area (Å²) in [5, 5.41) is 27.4. The van der Waals surface area contributed by atoms with Gasteiger partial charge in [0, 0.05) is 49.5 Å². The number of fused-ring (bicyclic) bond motifs is 1. The number of carbonyl (C=O) groups is 4. The molecule has 3 aliphatic rings. The summed E-state index contributed by atoms with van der Waals surface area (Å²) in [5.41, 5.74) is 5.01. The van der Waals surface area contributed by atoms with Gasteiger partial charge in [0.1, 0.15) is 35.5 Å². The molecule has 0 spiro atoms. The average Bonchev–Trinajstić information content (AvgIpc) is 3.87.